The third-order valence-corrected chi connectivity index (χ3v) is 4.96. The number of carbonyl (C=O) groups excluding carboxylic acids is 1. The first-order valence-corrected chi connectivity index (χ1v) is 10.3. The van der Waals surface area contributed by atoms with E-state index in [-0.39, 0.29) is 22.7 Å². The molecule has 0 radical (unpaired) electrons. The van der Waals surface area contributed by atoms with Crippen LogP contribution in [0, 0.1) is 18.3 Å². The Morgan fingerprint density at radius 3 is 2.86 bits per heavy atom. The van der Waals surface area contributed by atoms with Gasteiger partial charge in [0.25, 0.3) is 11.8 Å². The highest BCUT2D eigenvalue weighted by atomic mass is 19.4. The summed E-state index contributed by atoms with van der Waals surface area (Å²) in [4.78, 5) is 21.1. The zero-order valence-corrected chi connectivity index (χ0v) is 18.3. The summed E-state index contributed by atoms with van der Waals surface area (Å²) in [5.41, 5.74) is -0.0655. The number of hydrogen-bond acceptors (Lipinski definition) is 7. The van der Waals surface area contributed by atoms with Gasteiger partial charge in [-0.05, 0) is 54.5 Å². The molecule has 2 heterocycles. The standard InChI is InChI=1S/C24H18F3N5O3/c1-14-4-5-16(11-19(14)35-23-20-21(30-13-31-23)29-7-8-34-20)22(33)32-18-10-15(3-2-6-28)9-17(12-18)24(25,26)27/h2-5,9-13H,7-8H2,1H3,(H,32,33)(H,29,30,31)/b3-2+. The quantitative estimate of drug-likeness (QED) is 0.483. The number of benzene rings is 2. The molecule has 1 aliphatic rings. The summed E-state index contributed by atoms with van der Waals surface area (Å²) < 4.78 is 51.4. The third-order valence-electron chi connectivity index (χ3n) is 4.96. The Morgan fingerprint density at radius 2 is 2.09 bits per heavy atom. The van der Waals surface area contributed by atoms with Crippen LogP contribution in [0.5, 0.6) is 17.4 Å². The Bertz CT molecular complexity index is 1350. The second-order valence-electron chi connectivity index (χ2n) is 7.47. The van der Waals surface area contributed by atoms with Gasteiger partial charge >= 0.3 is 6.18 Å². The van der Waals surface area contributed by atoms with Gasteiger partial charge in [-0.2, -0.15) is 23.4 Å². The lowest BCUT2D eigenvalue weighted by atomic mass is 10.1. The fraction of sp³-hybridized carbons (Fsp3) is 0.167. The molecule has 11 heteroatoms. The van der Waals surface area contributed by atoms with E-state index in [2.05, 4.69) is 20.6 Å². The van der Waals surface area contributed by atoms with Crippen molar-refractivity contribution in [3.05, 3.63) is 71.1 Å². The molecule has 3 aromatic rings. The van der Waals surface area contributed by atoms with Crippen molar-refractivity contribution in [2.24, 2.45) is 0 Å². The van der Waals surface area contributed by atoms with E-state index < -0.39 is 17.6 Å². The average Bonchev–Trinajstić information content (AvgIpc) is 2.83. The van der Waals surface area contributed by atoms with Gasteiger partial charge in [0.05, 0.1) is 18.2 Å². The zero-order chi connectivity index (χ0) is 25.0. The maximum absolute atomic E-state index is 13.3. The number of allylic oxidation sites excluding steroid dienone is 1. The molecule has 4 rings (SSSR count). The molecule has 0 atom stereocenters. The normalized spacial score (nSPS) is 12.8. The highest BCUT2D eigenvalue weighted by Crippen LogP contribution is 2.37. The number of carbonyl (C=O) groups is 1. The minimum absolute atomic E-state index is 0.0743. The number of hydrogen-bond donors (Lipinski definition) is 2. The van der Waals surface area contributed by atoms with Crippen molar-refractivity contribution < 1.29 is 27.4 Å². The van der Waals surface area contributed by atoms with E-state index in [1.165, 1.54) is 30.6 Å². The third kappa shape index (κ3) is 5.50. The van der Waals surface area contributed by atoms with E-state index in [0.717, 1.165) is 18.2 Å². The molecule has 1 aliphatic heterocycles. The molecule has 35 heavy (non-hydrogen) atoms. The van der Waals surface area contributed by atoms with Crippen LogP contribution in [0.2, 0.25) is 0 Å². The van der Waals surface area contributed by atoms with Crippen LogP contribution in [0.15, 0.2) is 48.8 Å². The molecule has 0 saturated carbocycles. The zero-order valence-electron chi connectivity index (χ0n) is 18.3. The number of aromatic nitrogens is 2. The highest BCUT2D eigenvalue weighted by Gasteiger charge is 2.31. The molecule has 1 aromatic heterocycles. The number of amides is 1. The molecule has 2 N–H and O–H groups in total. The summed E-state index contributed by atoms with van der Waals surface area (Å²) in [6.45, 7) is 2.76. The van der Waals surface area contributed by atoms with E-state index in [1.807, 2.05) is 0 Å². The number of rotatable bonds is 5. The number of nitrogens with one attached hydrogen (secondary N) is 2. The topological polar surface area (TPSA) is 109 Å². The van der Waals surface area contributed by atoms with Crippen LogP contribution < -0.4 is 20.1 Å². The molecule has 0 fully saturated rings. The van der Waals surface area contributed by atoms with Gasteiger partial charge in [0.15, 0.2) is 5.82 Å². The van der Waals surface area contributed by atoms with E-state index in [0.29, 0.717) is 36.0 Å². The Balaban J connectivity index is 1.60. The predicted molar refractivity (Wildman–Crippen MR) is 121 cm³/mol. The lowest BCUT2D eigenvalue weighted by Gasteiger charge is -2.20. The van der Waals surface area contributed by atoms with Crippen LogP contribution in [0.25, 0.3) is 6.08 Å². The van der Waals surface area contributed by atoms with Crippen molar-refractivity contribution in [3.8, 4) is 23.4 Å². The molecule has 178 valence electrons. The van der Waals surface area contributed by atoms with Gasteiger partial charge in [-0.1, -0.05) is 6.07 Å². The predicted octanol–water partition coefficient (Wildman–Crippen LogP) is 5.19. The van der Waals surface area contributed by atoms with Crippen molar-refractivity contribution >= 4 is 23.5 Å². The fourth-order valence-electron chi connectivity index (χ4n) is 3.28. The summed E-state index contributed by atoms with van der Waals surface area (Å²) in [7, 11) is 0. The van der Waals surface area contributed by atoms with E-state index in [4.69, 9.17) is 14.7 Å². The first kappa shape index (κ1) is 23.6. The first-order valence-electron chi connectivity index (χ1n) is 10.3. The number of anilines is 2. The van der Waals surface area contributed by atoms with Crippen molar-refractivity contribution in [3.63, 3.8) is 0 Å². The molecule has 0 aliphatic carbocycles. The van der Waals surface area contributed by atoms with Crippen molar-refractivity contribution in [1.29, 1.82) is 5.26 Å². The van der Waals surface area contributed by atoms with Crippen molar-refractivity contribution in [2.75, 3.05) is 23.8 Å². The monoisotopic (exact) mass is 481 g/mol. The summed E-state index contributed by atoms with van der Waals surface area (Å²) >= 11 is 0. The Kier molecular flexibility index (Phi) is 6.55. The van der Waals surface area contributed by atoms with Crippen LogP contribution in [-0.4, -0.2) is 29.0 Å². The van der Waals surface area contributed by atoms with E-state index in [9.17, 15) is 18.0 Å². The Hall–Kier alpha value is -4.59. The van der Waals surface area contributed by atoms with E-state index in [1.54, 1.807) is 19.1 Å². The van der Waals surface area contributed by atoms with Gasteiger partial charge in [0.2, 0.25) is 5.75 Å². The Labute approximate surface area is 198 Å². The molecular formula is C24H18F3N5O3. The van der Waals surface area contributed by atoms with Crippen LogP contribution in [0.3, 0.4) is 0 Å². The lowest BCUT2D eigenvalue weighted by molar-refractivity contribution is -0.137. The van der Waals surface area contributed by atoms with Gasteiger partial charge in [0, 0.05) is 17.3 Å². The first-order chi connectivity index (χ1) is 16.7. The summed E-state index contributed by atoms with van der Waals surface area (Å²) in [5, 5.41) is 14.2. The molecule has 0 saturated heterocycles. The maximum Gasteiger partial charge on any atom is 0.416 e. The smallest absolute Gasteiger partial charge is 0.416 e. The second-order valence-corrected chi connectivity index (χ2v) is 7.47. The van der Waals surface area contributed by atoms with Crippen molar-refractivity contribution in [1.82, 2.24) is 9.97 Å². The SMILES string of the molecule is Cc1ccc(C(=O)Nc2cc(/C=C/C#N)cc(C(F)(F)F)c2)cc1Oc1ncnc2c1OCCN2. The van der Waals surface area contributed by atoms with Crippen LogP contribution in [0.1, 0.15) is 27.0 Å². The van der Waals surface area contributed by atoms with Crippen LogP contribution in [0.4, 0.5) is 24.7 Å². The van der Waals surface area contributed by atoms with Gasteiger partial charge < -0.3 is 20.1 Å². The summed E-state index contributed by atoms with van der Waals surface area (Å²) in [6, 6.07) is 9.40. The molecule has 0 unspecified atom stereocenters. The van der Waals surface area contributed by atoms with Gasteiger partial charge in [-0.3, -0.25) is 4.79 Å². The maximum atomic E-state index is 13.3. The number of aryl methyl sites for hydroxylation is 1. The fourth-order valence-corrected chi connectivity index (χ4v) is 3.28. The largest absolute Gasteiger partial charge is 0.483 e. The van der Waals surface area contributed by atoms with Gasteiger partial charge in [0.1, 0.15) is 18.7 Å². The minimum Gasteiger partial charge on any atom is -0.483 e. The van der Waals surface area contributed by atoms with Crippen LogP contribution in [-0.2, 0) is 6.18 Å². The highest BCUT2D eigenvalue weighted by molar-refractivity contribution is 6.04. The minimum atomic E-state index is -4.63. The second kappa shape index (κ2) is 9.72. The van der Waals surface area contributed by atoms with E-state index >= 15 is 0 Å². The average molecular weight is 481 g/mol. The number of alkyl halides is 3. The molecule has 0 spiro atoms. The number of ether oxygens (including phenoxy) is 2. The molecular weight excluding hydrogens is 463 g/mol. The van der Waals surface area contributed by atoms with Gasteiger partial charge in [-0.25, -0.2) is 4.98 Å². The van der Waals surface area contributed by atoms with Gasteiger partial charge in [-0.15, -0.1) is 0 Å². The number of halogens is 3. The number of fused-ring (bicyclic) bond motifs is 1. The molecule has 1 amide bonds. The molecule has 0 bridgehead atoms. The summed E-state index contributed by atoms with van der Waals surface area (Å²) in [6.07, 6.45) is -1.04. The Morgan fingerprint density at radius 1 is 1.26 bits per heavy atom. The van der Waals surface area contributed by atoms with Crippen LogP contribution >= 0.6 is 0 Å². The summed E-state index contributed by atoms with van der Waals surface area (Å²) in [5.74, 6) is 0.657. The molecule has 8 nitrogen and oxygen atoms in total. The molecule has 2 aromatic carbocycles. The van der Waals surface area contributed by atoms with Crippen molar-refractivity contribution in [2.45, 2.75) is 13.1 Å². The lowest BCUT2D eigenvalue weighted by Crippen LogP contribution is -2.19. The number of nitriles is 1. The number of nitrogens with zero attached hydrogens (tertiary/aromatic N) is 3.